The highest BCUT2D eigenvalue weighted by Crippen LogP contribution is 2.28. The van der Waals surface area contributed by atoms with Crippen LogP contribution in [0.15, 0.2) is 40.6 Å². The summed E-state index contributed by atoms with van der Waals surface area (Å²) in [6, 6.07) is 6.89. The van der Waals surface area contributed by atoms with Crippen LogP contribution in [0.25, 0.3) is 0 Å². The third-order valence-corrected chi connectivity index (χ3v) is 3.20. The van der Waals surface area contributed by atoms with E-state index >= 15 is 0 Å². The van der Waals surface area contributed by atoms with Crippen molar-refractivity contribution in [2.45, 2.75) is 4.90 Å². The zero-order valence-corrected chi connectivity index (χ0v) is 7.06. The lowest BCUT2D eigenvalue weighted by Crippen LogP contribution is -1.93. The summed E-state index contributed by atoms with van der Waals surface area (Å²) in [6.07, 6.45) is 0. The largest absolute Gasteiger partial charge is 0.288 e. The number of carbonyl (C=O) groups is 1. The molecule has 0 radical (unpaired) electrons. The molecule has 1 aromatic carbocycles. The molecule has 1 atom stereocenters. The molecule has 0 aromatic heterocycles. The van der Waals surface area contributed by atoms with Gasteiger partial charge in [0, 0.05) is 5.56 Å². The van der Waals surface area contributed by atoms with Crippen molar-refractivity contribution < 1.29 is 9.00 Å². The second-order valence-corrected chi connectivity index (χ2v) is 3.99. The number of Topliss-reactive ketones (excluding diaryl/α,β-unsaturated/α-hetero) is 1. The van der Waals surface area contributed by atoms with Gasteiger partial charge in [-0.05, 0) is 12.1 Å². The van der Waals surface area contributed by atoms with E-state index in [1.165, 1.54) is 0 Å². The minimum absolute atomic E-state index is 0.191. The fraction of sp³-hybridized carbons (Fsp3) is 0. The lowest BCUT2D eigenvalue weighted by molar-refractivity contribution is 0.104. The first kappa shape index (κ1) is 7.43. The van der Waals surface area contributed by atoms with E-state index < -0.39 is 10.8 Å². The molecule has 0 spiro atoms. The first-order valence-electron chi connectivity index (χ1n) is 3.46. The van der Waals surface area contributed by atoms with Gasteiger partial charge in [-0.3, -0.25) is 4.79 Å². The smallest absolute Gasteiger partial charge is 0.202 e. The number of allylic oxidation sites excluding steroid dienone is 1. The van der Waals surface area contributed by atoms with E-state index in [0.717, 1.165) is 0 Å². The van der Waals surface area contributed by atoms with Gasteiger partial charge in [0.25, 0.3) is 0 Å². The predicted octanol–water partition coefficient (Wildman–Crippen LogP) is 1.50. The third-order valence-electron chi connectivity index (χ3n) is 1.81. The van der Waals surface area contributed by atoms with Gasteiger partial charge < -0.3 is 0 Å². The molecule has 2 nitrogen and oxygen atoms in total. The average Bonchev–Trinajstić information content (AvgIpc) is 2.33. The first-order chi connectivity index (χ1) is 5.72. The summed E-state index contributed by atoms with van der Waals surface area (Å²) in [4.78, 5) is 12.1. The van der Waals surface area contributed by atoms with Crippen molar-refractivity contribution in [3.63, 3.8) is 0 Å². The molecule has 0 N–H and O–H groups in total. The van der Waals surface area contributed by atoms with Crippen LogP contribution in [0, 0.1) is 0 Å². The maximum Gasteiger partial charge on any atom is 0.202 e. The molecular formula is C9H6O2S. The lowest BCUT2D eigenvalue weighted by atomic mass is 10.1. The van der Waals surface area contributed by atoms with E-state index in [9.17, 15) is 9.00 Å². The summed E-state index contributed by atoms with van der Waals surface area (Å²) in [5.74, 6) is -0.191. The summed E-state index contributed by atoms with van der Waals surface area (Å²) >= 11 is 0. The van der Waals surface area contributed by atoms with Crippen molar-refractivity contribution in [2.75, 3.05) is 0 Å². The molecule has 1 aliphatic rings. The molecule has 0 aliphatic carbocycles. The highest BCUT2D eigenvalue weighted by molar-refractivity contribution is 7.90. The van der Waals surface area contributed by atoms with Crippen LogP contribution in [0.5, 0.6) is 0 Å². The summed E-state index contributed by atoms with van der Waals surface area (Å²) < 4.78 is 11.4. The Morgan fingerprint density at radius 2 is 1.92 bits per heavy atom. The van der Waals surface area contributed by atoms with E-state index in [1.807, 2.05) is 0 Å². The second kappa shape index (κ2) is 2.38. The number of carbonyl (C=O) groups excluding carboxylic acids is 1. The van der Waals surface area contributed by atoms with Crippen molar-refractivity contribution >= 4 is 16.6 Å². The van der Waals surface area contributed by atoms with Gasteiger partial charge in [0.05, 0.1) is 20.6 Å². The van der Waals surface area contributed by atoms with E-state index in [-0.39, 0.29) is 10.7 Å². The van der Waals surface area contributed by atoms with Crippen LogP contribution < -0.4 is 0 Å². The molecule has 60 valence electrons. The first-order valence-corrected chi connectivity index (χ1v) is 4.61. The SMILES string of the molecule is C=C1C(=O)c2ccccc2S1=O. The minimum Gasteiger partial charge on any atom is -0.288 e. The van der Waals surface area contributed by atoms with Crippen LogP contribution >= 0.6 is 0 Å². The van der Waals surface area contributed by atoms with Crippen molar-refractivity contribution in [3.8, 4) is 0 Å². The van der Waals surface area contributed by atoms with E-state index in [4.69, 9.17) is 0 Å². The van der Waals surface area contributed by atoms with Crippen molar-refractivity contribution in [2.24, 2.45) is 0 Å². The maximum atomic E-state index is 11.4. The van der Waals surface area contributed by atoms with Gasteiger partial charge in [-0.25, -0.2) is 4.21 Å². The van der Waals surface area contributed by atoms with Crippen molar-refractivity contribution in [3.05, 3.63) is 41.3 Å². The van der Waals surface area contributed by atoms with Crippen LogP contribution in [0.3, 0.4) is 0 Å². The Labute approximate surface area is 72.4 Å². The summed E-state index contributed by atoms with van der Waals surface area (Å²) in [5.41, 5.74) is 0.529. The third kappa shape index (κ3) is 0.800. The highest BCUT2D eigenvalue weighted by Gasteiger charge is 2.29. The quantitative estimate of drug-likeness (QED) is 0.564. The van der Waals surface area contributed by atoms with E-state index in [1.54, 1.807) is 24.3 Å². The minimum atomic E-state index is -1.32. The number of ketones is 1. The van der Waals surface area contributed by atoms with E-state index in [2.05, 4.69) is 6.58 Å². The molecule has 0 bridgehead atoms. The summed E-state index contributed by atoms with van der Waals surface area (Å²) in [7, 11) is -1.32. The molecule has 0 amide bonds. The van der Waals surface area contributed by atoms with Crippen LogP contribution in [-0.4, -0.2) is 9.99 Å². The standard InChI is InChI=1S/C9H6O2S/c1-6-9(10)7-4-2-3-5-8(7)12(6)11/h2-5H,1H2. The number of hydrogen-bond acceptors (Lipinski definition) is 2. The van der Waals surface area contributed by atoms with Crippen LogP contribution in [0.1, 0.15) is 10.4 Å². The molecule has 3 heteroatoms. The monoisotopic (exact) mass is 178 g/mol. The van der Waals surface area contributed by atoms with Gasteiger partial charge >= 0.3 is 0 Å². The molecule has 1 unspecified atom stereocenters. The van der Waals surface area contributed by atoms with Crippen LogP contribution in [0.4, 0.5) is 0 Å². The van der Waals surface area contributed by atoms with Crippen LogP contribution in [0.2, 0.25) is 0 Å². The molecule has 12 heavy (non-hydrogen) atoms. The molecular weight excluding hydrogens is 172 g/mol. The number of rotatable bonds is 0. The van der Waals surface area contributed by atoms with E-state index in [0.29, 0.717) is 10.5 Å². The molecule has 0 fully saturated rings. The Hall–Kier alpha value is -1.22. The number of benzene rings is 1. The van der Waals surface area contributed by atoms with Gasteiger partial charge in [-0.15, -0.1) is 0 Å². The summed E-state index contributed by atoms with van der Waals surface area (Å²) in [5, 5.41) is 0. The van der Waals surface area contributed by atoms with Gasteiger partial charge in [0.15, 0.2) is 0 Å². The Kier molecular flexibility index (Phi) is 1.48. The van der Waals surface area contributed by atoms with Crippen LogP contribution in [-0.2, 0) is 10.8 Å². The number of fused-ring (bicyclic) bond motifs is 1. The molecule has 1 aromatic rings. The molecule has 0 saturated heterocycles. The Morgan fingerprint density at radius 3 is 2.58 bits per heavy atom. The normalized spacial score (nSPS) is 21.2. The maximum absolute atomic E-state index is 11.4. The topological polar surface area (TPSA) is 34.1 Å². The Balaban J connectivity index is 2.76. The zero-order valence-electron chi connectivity index (χ0n) is 6.24. The van der Waals surface area contributed by atoms with Gasteiger partial charge in [-0.1, -0.05) is 18.7 Å². The highest BCUT2D eigenvalue weighted by atomic mass is 32.2. The Morgan fingerprint density at radius 1 is 1.25 bits per heavy atom. The fourth-order valence-corrected chi connectivity index (χ4v) is 2.29. The average molecular weight is 178 g/mol. The molecule has 2 rings (SSSR count). The fourth-order valence-electron chi connectivity index (χ4n) is 1.18. The molecule has 1 aliphatic heterocycles. The predicted molar refractivity (Wildman–Crippen MR) is 46.3 cm³/mol. The van der Waals surface area contributed by atoms with Gasteiger partial charge in [-0.2, -0.15) is 0 Å². The van der Waals surface area contributed by atoms with Gasteiger partial charge in [0.1, 0.15) is 0 Å². The second-order valence-electron chi connectivity index (χ2n) is 2.52. The Bertz CT molecular complexity index is 370. The van der Waals surface area contributed by atoms with Gasteiger partial charge in [0.2, 0.25) is 5.78 Å². The molecule has 0 saturated carbocycles. The van der Waals surface area contributed by atoms with Crippen molar-refractivity contribution in [1.82, 2.24) is 0 Å². The summed E-state index contributed by atoms with van der Waals surface area (Å²) in [6.45, 7) is 3.48. The zero-order chi connectivity index (χ0) is 8.72. The lowest BCUT2D eigenvalue weighted by Gasteiger charge is -1.90. The van der Waals surface area contributed by atoms with Crippen molar-refractivity contribution in [1.29, 1.82) is 0 Å². The molecule has 1 heterocycles. The number of hydrogen-bond donors (Lipinski definition) is 0.